The second-order valence-electron chi connectivity index (χ2n) is 6.21. The molecule has 0 saturated heterocycles. The molecule has 1 atom stereocenters. The Morgan fingerprint density at radius 1 is 1.10 bits per heavy atom. The molecule has 1 heterocycles. The normalized spacial score (nSPS) is 12.6. The number of aliphatic carboxylic acids is 1. The standard InChI is InChI=1S/C17H16F4N6O4/c18-16(19,14(30)24-7-10(13(28)29)11-5-6-25-27-11)17(20,21)15(31)26-9-3-1-8(2-4-9)12(22)23/h1-6,10H,7H2,(H3,22,23)(H,24,30)(H,25,27)(H,26,31)(H,28,29). The van der Waals surface area contributed by atoms with Crippen LogP contribution in [0.2, 0.25) is 0 Å². The van der Waals surface area contributed by atoms with Gasteiger partial charge in [0.15, 0.2) is 0 Å². The number of halogens is 4. The minimum Gasteiger partial charge on any atom is -0.481 e. The summed E-state index contributed by atoms with van der Waals surface area (Å²) >= 11 is 0. The molecule has 1 unspecified atom stereocenters. The number of benzene rings is 1. The second kappa shape index (κ2) is 8.81. The molecule has 0 aliphatic carbocycles. The van der Waals surface area contributed by atoms with Gasteiger partial charge < -0.3 is 21.5 Å². The summed E-state index contributed by atoms with van der Waals surface area (Å²) in [6, 6.07) is 5.66. The van der Waals surface area contributed by atoms with Gasteiger partial charge in [0, 0.05) is 24.0 Å². The van der Waals surface area contributed by atoms with Gasteiger partial charge in [0.1, 0.15) is 11.8 Å². The van der Waals surface area contributed by atoms with Crippen molar-refractivity contribution in [2.75, 3.05) is 11.9 Å². The van der Waals surface area contributed by atoms with Crippen LogP contribution >= 0.6 is 0 Å². The van der Waals surface area contributed by atoms with Crippen LogP contribution in [-0.4, -0.2) is 57.3 Å². The number of nitrogens with one attached hydrogen (secondary N) is 4. The Labute approximate surface area is 171 Å². The quantitative estimate of drug-likeness (QED) is 0.190. The second-order valence-corrected chi connectivity index (χ2v) is 6.21. The van der Waals surface area contributed by atoms with Crippen LogP contribution in [0.5, 0.6) is 0 Å². The molecule has 2 amide bonds. The summed E-state index contributed by atoms with van der Waals surface area (Å²) in [5, 5.41) is 25.0. The minimum absolute atomic E-state index is 0.0605. The first kappa shape index (κ1) is 23.3. The highest BCUT2D eigenvalue weighted by atomic mass is 19.3. The van der Waals surface area contributed by atoms with Gasteiger partial charge in [-0.2, -0.15) is 22.7 Å². The van der Waals surface area contributed by atoms with Gasteiger partial charge in [0.25, 0.3) is 5.91 Å². The van der Waals surface area contributed by atoms with Crippen LogP contribution in [0, 0.1) is 5.41 Å². The first-order chi connectivity index (χ1) is 14.4. The molecule has 7 N–H and O–H groups in total. The number of H-pyrrole nitrogens is 1. The van der Waals surface area contributed by atoms with Gasteiger partial charge in [-0.05, 0) is 30.3 Å². The lowest BCUT2D eigenvalue weighted by Gasteiger charge is -2.25. The van der Waals surface area contributed by atoms with Crippen LogP contribution in [-0.2, 0) is 14.4 Å². The predicted molar refractivity (Wildman–Crippen MR) is 98.0 cm³/mol. The van der Waals surface area contributed by atoms with Crippen molar-refractivity contribution < 1.29 is 37.1 Å². The third-order valence-electron chi connectivity index (χ3n) is 4.08. The third-order valence-corrected chi connectivity index (χ3v) is 4.08. The third kappa shape index (κ3) is 4.96. The van der Waals surface area contributed by atoms with E-state index in [-0.39, 0.29) is 22.8 Å². The number of rotatable bonds is 9. The number of carbonyl (C=O) groups is 3. The zero-order valence-corrected chi connectivity index (χ0v) is 15.5. The van der Waals surface area contributed by atoms with Gasteiger partial charge in [-0.3, -0.25) is 24.9 Å². The van der Waals surface area contributed by atoms with Crippen LogP contribution in [0.4, 0.5) is 23.2 Å². The van der Waals surface area contributed by atoms with Crippen molar-refractivity contribution >= 4 is 29.3 Å². The zero-order chi connectivity index (χ0) is 23.4. The van der Waals surface area contributed by atoms with E-state index in [2.05, 4.69) is 10.2 Å². The molecule has 0 spiro atoms. The molecule has 166 valence electrons. The van der Waals surface area contributed by atoms with Gasteiger partial charge in [-0.15, -0.1) is 0 Å². The van der Waals surface area contributed by atoms with Gasteiger partial charge >= 0.3 is 23.7 Å². The summed E-state index contributed by atoms with van der Waals surface area (Å²) in [5.41, 5.74) is 5.04. The molecule has 0 aliphatic heterocycles. The molecule has 0 aliphatic rings. The summed E-state index contributed by atoms with van der Waals surface area (Å²) < 4.78 is 56.3. The zero-order valence-electron chi connectivity index (χ0n) is 15.5. The molecule has 0 radical (unpaired) electrons. The number of nitrogens with zero attached hydrogens (tertiary/aromatic N) is 1. The number of anilines is 1. The lowest BCUT2D eigenvalue weighted by atomic mass is 10.1. The maximum absolute atomic E-state index is 14.1. The number of alkyl halides is 4. The number of hydrogen-bond acceptors (Lipinski definition) is 5. The lowest BCUT2D eigenvalue weighted by Crippen LogP contribution is -2.58. The molecule has 0 bridgehead atoms. The number of aromatic nitrogens is 2. The Hall–Kier alpha value is -3.97. The smallest absolute Gasteiger partial charge is 0.395 e. The molecule has 2 aromatic rings. The topological polar surface area (TPSA) is 174 Å². The summed E-state index contributed by atoms with van der Waals surface area (Å²) in [6.45, 7) is -0.962. The van der Waals surface area contributed by atoms with E-state index in [1.807, 2.05) is 0 Å². The number of carboxylic acid groups (broad SMARTS) is 1. The predicted octanol–water partition coefficient (Wildman–Crippen LogP) is 0.887. The Morgan fingerprint density at radius 2 is 1.68 bits per heavy atom. The molecule has 0 saturated carbocycles. The van der Waals surface area contributed by atoms with Crippen molar-refractivity contribution in [2.45, 2.75) is 17.8 Å². The maximum atomic E-state index is 14.1. The Balaban J connectivity index is 2.09. The first-order valence-electron chi connectivity index (χ1n) is 8.39. The molecule has 0 fully saturated rings. The highest BCUT2D eigenvalue weighted by Gasteiger charge is 2.66. The summed E-state index contributed by atoms with van der Waals surface area (Å²) in [5.74, 6) is -19.4. The first-order valence-corrected chi connectivity index (χ1v) is 8.39. The van der Waals surface area contributed by atoms with Gasteiger partial charge in [-0.25, -0.2) is 0 Å². The van der Waals surface area contributed by atoms with E-state index in [0.717, 1.165) is 12.1 Å². The number of aromatic amines is 1. The average Bonchev–Trinajstić information content (AvgIpc) is 3.22. The number of amidine groups is 1. The number of carbonyl (C=O) groups excluding carboxylic acids is 2. The minimum atomic E-state index is -5.49. The average molecular weight is 444 g/mol. The Bertz CT molecular complexity index is 979. The van der Waals surface area contributed by atoms with Gasteiger partial charge in [0.05, 0.1) is 5.69 Å². The fourth-order valence-electron chi connectivity index (χ4n) is 2.32. The number of nitrogens with two attached hydrogens (primary N) is 1. The van der Waals surface area contributed by atoms with E-state index < -0.39 is 42.1 Å². The summed E-state index contributed by atoms with van der Waals surface area (Å²) in [6.07, 6.45) is 1.17. The fraction of sp³-hybridized carbons (Fsp3) is 0.235. The summed E-state index contributed by atoms with van der Waals surface area (Å²) in [7, 11) is 0. The van der Waals surface area contributed by atoms with E-state index in [1.54, 1.807) is 5.32 Å². The highest BCUT2D eigenvalue weighted by Crippen LogP contribution is 2.35. The van der Waals surface area contributed by atoms with Crippen LogP contribution in [0.15, 0.2) is 36.5 Å². The van der Waals surface area contributed by atoms with E-state index in [4.69, 9.17) is 16.2 Å². The van der Waals surface area contributed by atoms with Crippen LogP contribution in [0.1, 0.15) is 17.2 Å². The fourth-order valence-corrected chi connectivity index (χ4v) is 2.32. The monoisotopic (exact) mass is 444 g/mol. The molecule has 14 heteroatoms. The van der Waals surface area contributed by atoms with Crippen molar-refractivity contribution in [3.63, 3.8) is 0 Å². The molecular formula is C17H16F4N6O4. The number of amides is 2. The van der Waals surface area contributed by atoms with Crippen LogP contribution < -0.4 is 16.4 Å². The van der Waals surface area contributed by atoms with Crippen LogP contribution in [0.25, 0.3) is 0 Å². The molecule has 10 nitrogen and oxygen atoms in total. The van der Waals surface area contributed by atoms with E-state index in [9.17, 15) is 31.9 Å². The van der Waals surface area contributed by atoms with Gasteiger partial charge in [-0.1, -0.05) is 0 Å². The van der Waals surface area contributed by atoms with E-state index in [0.29, 0.717) is 0 Å². The van der Waals surface area contributed by atoms with Crippen molar-refractivity contribution in [1.82, 2.24) is 15.5 Å². The molecule has 1 aromatic carbocycles. The number of nitrogen functional groups attached to an aromatic ring is 1. The highest BCUT2D eigenvalue weighted by molar-refractivity contribution is 6.02. The Morgan fingerprint density at radius 3 is 2.16 bits per heavy atom. The molecule has 2 rings (SSSR count). The molecule has 1 aromatic heterocycles. The molecule has 31 heavy (non-hydrogen) atoms. The van der Waals surface area contributed by atoms with Crippen LogP contribution in [0.3, 0.4) is 0 Å². The largest absolute Gasteiger partial charge is 0.481 e. The van der Waals surface area contributed by atoms with E-state index >= 15 is 0 Å². The number of carboxylic acids is 1. The van der Waals surface area contributed by atoms with Gasteiger partial charge in [0.2, 0.25) is 0 Å². The summed E-state index contributed by atoms with van der Waals surface area (Å²) in [4.78, 5) is 34.7. The lowest BCUT2D eigenvalue weighted by molar-refractivity contribution is -0.208. The van der Waals surface area contributed by atoms with E-state index in [1.165, 1.54) is 29.7 Å². The van der Waals surface area contributed by atoms with Crippen molar-refractivity contribution in [1.29, 1.82) is 5.41 Å². The van der Waals surface area contributed by atoms with Crippen molar-refractivity contribution in [2.24, 2.45) is 5.73 Å². The SMILES string of the molecule is N=C(N)c1ccc(NC(=O)C(F)(F)C(F)(F)C(=O)NCC(C(=O)O)c2ccn[nH]2)cc1. The van der Waals surface area contributed by atoms with Crippen molar-refractivity contribution in [3.05, 3.63) is 47.8 Å². The Kier molecular flexibility index (Phi) is 6.62. The van der Waals surface area contributed by atoms with Crippen molar-refractivity contribution in [3.8, 4) is 0 Å². The number of hydrogen-bond donors (Lipinski definition) is 6. The molecular weight excluding hydrogens is 428 g/mol. The maximum Gasteiger partial charge on any atom is 0.395 e.